The number of rotatable bonds is 4. The summed E-state index contributed by atoms with van der Waals surface area (Å²) in [5.74, 6) is 0.935. The number of fused-ring (bicyclic) bond motifs is 1. The standard InChI is InChI=1S/C15H15N5S/c1-20-7-6-17-13(20)9-19-14-10-4-2-3-5-12(10)18-8-11(14)15(16)21/h2-8H,9H2,1H3,(H2,16,21)(H,18,19). The van der Waals surface area contributed by atoms with E-state index in [9.17, 15) is 0 Å². The first-order valence-corrected chi connectivity index (χ1v) is 6.95. The number of benzene rings is 1. The van der Waals surface area contributed by atoms with Crippen molar-refractivity contribution < 1.29 is 0 Å². The number of imidazole rings is 1. The van der Waals surface area contributed by atoms with Crippen LogP contribution in [0.1, 0.15) is 11.4 Å². The number of para-hydroxylation sites is 1. The van der Waals surface area contributed by atoms with E-state index in [2.05, 4.69) is 15.3 Å². The number of aryl methyl sites for hydroxylation is 1. The van der Waals surface area contributed by atoms with Crippen molar-refractivity contribution in [2.24, 2.45) is 12.8 Å². The number of nitrogens with two attached hydrogens (primary N) is 1. The number of aromatic nitrogens is 3. The molecule has 3 N–H and O–H groups in total. The van der Waals surface area contributed by atoms with Gasteiger partial charge in [-0.05, 0) is 6.07 Å². The summed E-state index contributed by atoms with van der Waals surface area (Å²) in [6.45, 7) is 0.590. The molecule has 0 saturated carbocycles. The van der Waals surface area contributed by atoms with Gasteiger partial charge in [0.1, 0.15) is 10.8 Å². The summed E-state index contributed by atoms with van der Waals surface area (Å²) in [6, 6.07) is 7.90. The maximum Gasteiger partial charge on any atom is 0.127 e. The number of pyridine rings is 1. The molecule has 0 aliphatic heterocycles. The monoisotopic (exact) mass is 297 g/mol. The zero-order valence-corrected chi connectivity index (χ0v) is 12.4. The van der Waals surface area contributed by atoms with Gasteiger partial charge in [-0.15, -0.1) is 0 Å². The Kier molecular flexibility index (Phi) is 3.53. The molecule has 0 fully saturated rings. The summed E-state index contributed by atoms with van der Waals surface area (Å²) >= 11 is 5.13. The third-order valence-electron chi connectivity index (χ3n) is 3.39. The van der Waals surface area contributed by atoms with Gasteiger partial charge in [0, 0.05) is 31.0 Å². The van der Waals surface area contributed by atoms with Crippen molar-refractivity contribution in [3.05, 3.63) is 54.2 Å². The van der Waals surface area contributed by atoms with Crippen LogP contribution in [0.5, 0.6) is 0 Å². The lowest BCUT2D eigenvalue weighted by Gasteiger charge is -2.13. The van der Waals surface area contributed by atoms with Crippen molar-refractivity contribution in [3.63, 3.8) is 0 Å². The smallest absolute Gasteiger partial charge is 0.127 e. The zero-order valence-electron chi connectivity index (χ0n) is 11.6. The lowest BCUT2D eigenvalue weighted by atomic mass is 10.1. The van der Waals surface area contributed by atoms with Crippen molar-refractivity contribution in [1.29, 1.82) is 0 Å². The summed E-state index contributed by atoms with van der Waals surface area (Å²) < 4.78 is 1.97. The molecule has 0 aliphatic carbocycles. The number of hydrogen-bond acceptors (Lipinski definition) is 4. The summed E-state index contributed by atoms with van der Waals surface area (Å²) in [5.41, 5.74) is 8.36. The fraction of sp³-hybridized carbons (Fsp3) is 0.133. The fourth-order valence-corrected chi connectivity index (χ4v) is 2.41. The van der Waals surface area contributed by atoms with Gasteiger partial charge >= 0.3 is 0 Å². The van der Waals surface area contributed by atoms with Gasteiger partial charge in [0.15, 0.2) is 0 Å². The Morgan fingerprint density at radius 1 is 1.33 bits per heavy atom. The van der Waals surface area contributed by atoms with E-state index in [1.165, 1.54) is 0 Å². The molecule has 3 rings (SSSR count). The average Bonchev–Trinajstić information content (AvgIpc) is 2.89. The number of nitrogens with one attached hydrogen (secondary N) is 1. The summed E-state index contributed by atoms with van der Waals surface area (Å²) in [6.07, 6.45) is 5.40. The molecule has 0 aliphatic rings. The molecular formula is C15H15N5S. The predicted octanol–water partition coefficient (Wildman–Crippen LogP) is 2.21. The molecule has 6 heteroatoms. The van der Waals surface area contributed by atoms with Gasteiger partial charge in [0.05, 0.1) is 23.3 Å². The lowest BCUT2D eigenvalue weighted by molar-refractivity contribution is 0.813. The number of thiocarbonyl (C=S) groups is 1. The van der Waals surface area contributed by atoms with E-state index in [0.717, 1.165) is 28.0 Å². The largest absolute Gasteiger partial charge is 0.389 e. The third kappa shape index (κ3) is 2.57. The van der Waals surface area contributed by atoms with Crippen LogP contribution in [0.4, 0.5) is 5.69 Å². The molecule has 21 heavy (non-hydrogen) atoms. The van der Waals surface area contributed by atoms with Gasteiger partial charge in [0.2, 0.25) is 0 Å². The SMILES string of the molecule is Cn1ccnc1CNc1c(C(N)=S)cnc2ccccc12. The minimum Gasteiger partial charge on any atom is -0.389 e. The minimum atomic E-state index is 0.329. The molecule has 0 saturated heterocycles. The van der Waals surface area contributed by atoms with Crippen molar-refractivity contribution in [3.8, 4) is 0 Å². The molecule has 3 aromatic rings. The molecule has 0 atom stereocenters. The molecule has 2 aromatic heterocycles. The van der Waals surface area contributed by atoms with Crippen LogP contribution in [0.2, 0.25) is 0 Å². The van der Waals surface area contributed by atoms with E-state index >= 15 is 0 Å². The number of nitrogens with zero attached hydrogens (tertiary/aromatic N) is 3. The molecule has 0 amide bonds. The Morgan fingerprint density at radius 2 is 2.14 bits per heavy atom. The van der Waals surface area contributed by atoms with Crippen LogP contribution in [0, 0.1) is 0 Å². The second-order valence-electron chi connectivity index (χ2n) is 4.74. The van der Waals surface area contributed by atoms with Crippen molar-refractivity contribution in [2.45, 2.75) is 6.54 Å². The van der Waals surface area contributed by atoms with Crippen molar-refractivity contribution >= 4 is 33.8 Å². The predicted molar refractivity (Wildman–Crippen MR) is 88.2 cm³/mol. The van der Waals surface area contributed by atoms with Gasteiger partial charge < -0.3 is 15.6 Å². The van der Waals surface area contributed by atoms with Crippen LogP contribution in [0.3, 0.4) is 0 Å². The summed E-state index contributed by atoms with van der Waals surface area (Å²) in [7, 11) is 1.96. The fourth-order valence-electron chi connectivity index (χ4n) is 2.25. The highest BCUT2D eigenvalue weighted by Crippen LogP contribution is 2.26. The first-order chi connectivity index (χ1) is 10.2. The molecule has 0 spiro atoms. The van der Waals surface area contributed by atoms with Gasteiger partial charge in [-0.3, -0.25) is 4.98 Å². The second kappa shape index (κ2) is 5.49. The Hall–Kier alpha value is -2.47. The van der Waals surface area contributed by atoms with Gasteiger partial charge in [-0.1, -0.05) is 30.4 Å². The molecule has 2 heterocycles. The van der Waals surface area contributed by atoms with E-state index in [-0.39, 0.29) is 0 Å². The van der Waals surface area contributed by atoms with Crippen LogP contribution in [0.25, 0.3) is 10.9 Å². The van der Waals surface area contributed by atoms with Gasteiger partial charge in [-0.25, -0.2) is 4.98 Å². The van der Waals surface area contributed by atoms with Gasteiger partial charge in [0.25, 0.3) is 0 Å². The first kappa shape index (κ1) is 13.5. The highest BCUT2D eigenvalue weighted by Gasteiger charge is 2.11. The van der Waals surface area contributed by atoms with Crippen LogP contribution >= 0.6 is 12.2 Å². The van der Waals surface area contributed by atoms with E-state index in [1.807, 2.05) is 42.1 Å². The molecule has 0 radical (unpaired) electrons. The Balaban J connectivity index is 2.04. The average molecular weight is 297 g/mol. The van der Waals surface area contributed by atoms with Crippen LogP contribution < -0.4 is 11.1 Å². The van der Waals surface area contributed by atoms with Crippen LogP contribution in [-0.4, -0.2) is 19.5 Å². The zero-order chi connectivity index (χ0) is 14.8. The van der Waals surface area contributed by atoms with E-state index in [0.29, 0.717) is 11.5 Å². The number of anilines is 1. The first-order valence-electron chi connectivity index (χ1n) is 6.54. The molecule has 5 nitrogen and oxygen atoms in total. The van der Waals surface area contributed by atoms with E-state index in [4.69, 9.17) is 18.0 Å². The molecule has 0 unspecified atom stereocenters. The maximum absolute atomic E-state index is 5.82. The van der Waals surface area contributed by atoms with Crippen LogP contribution in [-0.2, 0) is 13.6 Å². The quantitative estimate of drug-likeness (QED) is 0.723. The summed E-state index contributed by atoms with van der Waals surface area (Å²) in [5, 5.41) is 4.39. The number of hydrogen-bond donors (Lipinski definition) is 2. The Bertz CT molecular complexity index is 809. The minimum absolute atomic E-state index is 0.329. The Labute approximate surface area is 127 Å². The topological polar surface area (TPSA) is 68.8 Å². The third-order valence-corrected chi connectivity index (χ3v) is 3.61. The lowest BCUT2D eigenvalue weighted by Crippen LogP contribution is -2.15. The molecule has 0 bridgehead atoms. The Morgan fingerprint density at radius 3 is 2.86 bits per heavy atom. The normalized spacial score (nSPS) is 10.7. The molecule has 1 aromatic carbocycles. The maximum atomic E-state index is 5.82. The highest BCUT2D eigenvalue weighted by atomic mass is 32.1. The molecule has 106 valence electrons. The van der Waals surface area contributed by atoms with Crippen LogP contribution in [0.15, 0.2) is 42.9 Å². The van der Waals surface area contributed by atoms with E-state index in [1.54, 1.807) is 12.4 Å². The second-order valence-corrected chi connectivity index (χ2v) is 5.18. The summed E-state index contributed by atoms with van der Waals surface area (Å²) in [4.78, 5) is 9.03. The highest BCUT2D eigenvalue weighted by molar-refractivity contribution is 7.80. The van der Waals surface area contributed by atoms with E-state index < -0.39 is 0 Å². The molecular weight excluding hydrogens is 282 g/mol. The van der Waals surface area contributed by atoms with Crippen molar-refractivity contribution in [1.82, 2.24) is 14.5 Å². The van der Waals surface area contributed by atoms with Crippen molar-refractivity contribution in [2.75, 3.05) is 5.32 Å². The van der Waals surface area contributed by atoms with Gasteiger partial charge in [-0.2, -0.15) is 0 Å².